The molecule has 1 aliphatic rings. The molecule has 0 bridgehead atoms. The Bertz CT molecular complexity index is 422. The molecular formula is C12H19NO7. The third-order valence-electron chi connectivity index (χ3n) is 3.16. The zero-order valence-corrected chi connectivity index (χ0v) is 10.8. The minimum absolute atomic E-state index is 0.00267. The largest absolute Gasteiger partial charge is 0.462 e. The van der Waals surface area contributed by atoms with Crippen LogP contribution in [0.3, 0.4) is 0 Å². The topological polar surface area (TPSA) is 139 Å². The van der Waals surface area contributed by atoms with Crippen molar-refractivity contribution in [2.24, 2.45) is 5.73 Å². The number of aliphatic hydroxyl groups is 4. The second kappa shape index (κ2) is 6.64. The number of rotatable bonds is 5. The molecule has 0 aromatic carbocycles. The normalized spacial score (nSPS) is 34.4. The van der Waals surface area contributed by atoms with E-state index in [-0.39, 0.29) is 13.2 Å². The average molecular weight is 289 g/mol. The number of hydrogen-bond acceptors (Lipinski definition) is 8. The second-order valence-electron chi connectivity index (χ2n) is 4.58. The van der Waals surface area contributed by atoms with E-state index in [2.05, 4.69) is 0 Å². The molecule has 0 amide bonds. The molecule has 2 rings (SSSR count). The van der Waals surface area contributed by atoms with E-state index in [1.165, 1.54) is 0 Å². The Hall–Kier alpha value is -1.00. The molecule has 1 aliphatic heterocycles. The summed E-state index contributed by atoms with van der Waals surface area (Å²) >= 11 is 0. The van der Waals surface area contributed by atoms with Gasteiger partial charge in [-0.15, -0.1) is 0 Å². The van der Waals surface area contributed by atoms with Crippen LogP contribution in [0.1, 0.15) is 11.5 Å². The molecular weight excluding hydrogens is 270 g/mol. The van der Waals surface area contributed by atoms with E-state index < -0.39 is 37.3 Å². The quantitative estimate of drug-likeness (QED) is 0.422. The van der Waals surface area contributed by atoms with Crippen LogP contribution < -0.4 is 5.73 Å². The lowest BCUT2D eigenvalue weighted by molar-refractivity contribution is -0.304. The summed E-state index contributed by atoms with van der Waals surface area (Å²) in [5.41, 5.74) is 5.41. The van der Waals surface area contributed by atoms with E-state index in [0.717, 1.165) is 0 Å². The van der Waals surface area contributed by atoms with Crippen molar-refractivity contribution in [3.05, 3.63) is 23.7 Å². The molecule has 5 atom stereocenters. The molecule has 8 heteroatoms. The Labute approximate surface area is 115 Å². The molecule has 8 nitrogen and oxygen atoms in total. The predicted octanol–water partition coefficient (Wildman–Crippen LogP) is -1.95. The van der Waals surface area contributed by atoms with E-state index in [1.54, 1.807) is 12.1 Å². The van der Waals surface area contributed by atoms with Crippen LogP contribution in [0.2, 0.25) is 0 Å². The molecule has 1 fully saturated rings. The molecule has 20 heavy (non-hydrogen) atoms. The van der Waals surface area contributed by atoms with E-state index in [0.29, 0.717) is 11.5 Å². The van der Waals surface area contributed by atoms with Crippen molar-refractivity contribution in [2.45, 2.75) is 43.9 Å². The van der Waals surface area contributed by atoms with Crippen LogP contribution in [0.25, 0.3) is 0 Å². The molecule has 0 spiro atoms. The Morgan fingerprint density at radius 1 is 1.10 bits per heavy atom. The molecule has 1 aromatic heterocycles. The van der Waals surface area contributed by atoms with Gasteiger partial charge in [0.15, 0.2) is 6.29 Å². The summed E-state index contributed by atoms with van der Waals surface area (Å²) in [5, 5.41) is 38.0. The first-order chi connectivity index (χ1) is 9.56. The summed E-state index contributed by atoms with van der Waals surface area (Å²) in [4.78, 5) is 0. The lowest BCUT2D eigenvalue weighted by Gasteiger charge is -2.39. The van der Waals surface area contributed by atoms with E-state index >= 15 is 0 Å². The molecule has 0 unspecified atom stereocenters. The highest BCUT2D eigenvalue weighted by Gasteiger charge is 2.44. The predicted molar refractivity (Wildman–Crippen MR) is 65.2 cm³/mol. The minimum Gasteiger partial charge on any atom is -0.462 e. The number of ether oxygens (including phenoxy) is 2. The average Bonchev–Trinajstić information content (AvgIpc) is 2.92. The molecule has 6 N–H and O–H groups in total. The van der Waals surface area contributed by atoms with Crippen LogP contribution in [0.4, 0.5) is 0 Å². The van der Waals surface area contributed by atoms with Crippen molar-refractivity contribution in [2.75, 3.05) is 6.61 Å². The third-order valence-corrected chi connectivity index (χ3v) is 3.16. The molecule has 0 aliphatic carbocycles. The standard InChI is InChI=1S/C12H19NO7/c13-3-6-1-2-7(19-6)5-18-12-11(17)10(16)9(15)8(4-14)20-12/h1-2,8-12,14-17H,3-5,13H2/t8-,9-,10+,11-,12+/m1/s1. The molecule has 1 aromatic rings. The summed E-state index contributed by atoms with van der Waals surface area (Å²) in [7, 11) is 0. The van der Waals surface area contributed by atoms with Gasteiger partial charge in [0.2, 0.25) is 0 Å². The number of hydrogen-bond donors (Lipinski definition) is 5. The fourth-order valence-corrected chi connectivity index (χ4v) is 1.98. The van der Waals surface area contributed by atoms with Crippen molar-refractivity contribution >= 4 is 0 Å². The van der Waals surface area contributed by atoms with Crippen LogP contribution in [0.5, 0.6) is 0 Å². The van der Waals surface area contributed by atoms with Gasteiger partial charge in [-0.25, -0.2) is 0 Å². The van der Waals surface area contributed by atoms with Crippen LogP contribution in [-0.4, -0.2) is 57.7 Å². The number of nitrogens with two attached hydrogens (primary N) is 1. The van der Waals surface area contributed by atoms with Gasteiger partial charge in [-0.3, -0.25) is 0 Å². The monoisotopic (exact) mass is 289 g/mol. The lowest BCUT2D eigenvalue weighted by atomic mass is 9.99. The van der Waals surface area contributed by atoms with E-state index in [9.17, 15) is 15.3 Å². The number of aliphatic hydroxyl groups excluding tert-OH is 4. The van der Waals surface area contributed by atoms with Crippen molar-refractivity contribution < 1.29 is 34.3 Å². The van der Waals surface area contributed by atoms with Crippen LogP contribution in [0, 0.1) is 0 Å². The maximum atomic E-state index is 9.76. The van der Waals surface area contributed by atoms with Gasteiger partial charge in [0.1, 0.15) is 42.5 Å². The first kappa shape index (κ1) is 15.4. The zero-order valence-electron chi connectivity index (χ0n) is 10.8. The SMILES string of the molecule is NCc1ccc(CO[C@H]2O[C@H](CO)[C@@H](O)[C@H](O)[C@H]2O)o1. The Morgan fingerprint density at radius 3 is 2.40 bits per heavy atom. The summed E-state index contributed by atoms with van der Waals surface area (Å²) in [5.74, 6) is 1.08. The summed E-state index contributed by atoms with van der Waals surface area (Å²) in [6, 6.07) is 3.37. The highest BCUT2D eigenvalue weighted by Crippen LogP contribution is 2.23. The summed E-state index contributed by atoms with van der Waals surface area (Å²) in [6.07, 6.45) is -6.44. The van der Waals surface area contributed by atoms with Gasteiger partial charge in [-0.1, -0.05) is 0 Å². The second-order valence-corrected chi connectivity index (χ2v) is 4.58. The van der Waals surface area contributed by atoms with E-state index in [4.69, 9.17) is 24.7 Å². The molecule has 114 valence electrons. The van der Waals surface area contributed by atoms with Gasteiger partial charge < -0.3 is 40.1 Å². The maximum absolute atomic E-state index is 9.76. The summed E-state index contributed by atoms with van der Waals surface area (Å²) in [6.45, 7) is -0.231. The van der Waals surface area contributed by atoms with Gasteiger partial charge >= 0.3 is 0 Å². The van der Waals surface area contributed by atoms with Crippen molar-refractivity contribution in [3.8, 4) is 0 Å². The highest BCUT2D eigenvalue weighted by atomic mass is 16.7. The van der Waals surface area contributed by atoms with E-state index in [1.807, 2.05) is 0 Å². The maximum Gasteiger partial charge on any atom is 0.187 e. The van der Waals surface area contributed by atoms with Crippen molar-refractivity contribution in [1.29, 1.82) is 0 Å². The van der Waals surface area contributed by atoms with Crippen molar-refractivity contribution in [3.63, 3.8) is 0 Å². The first-order valence-corrected chi connectivity index (χ1v) is 6.26. The zero-order chi connectivity index (χ0) is 14.7. The Kier molecular flexibility index (Phi) is 5.11. The Morgan fingerprint density at radius 2 is 1.80 bits per heavy atom. The smallest absolute Gasteiger partial charge is 0.187 e. The van der Waals surface area contributed by atoms with Gasteiger partial charge in [-0.05, 0) is 12.1 Å². The Balaban J connectivity index is 1.94. The summed E-state index contributed by atoms with van der Waals surface area (Å²) < 4.78 is 15.8. The first-order valence-electron chi connectivity index (χ1n) is 6.26. The highest BCUT2D eigenvalue weighted by molar-refractivity contribution is 5.06. The lowest BCUT2D eigenvalue weighted by Crippen LogP contribution is -2.59. The molecule has 2 heterocycles. The fraction of sp³-hybridized carbons (Fsp3) is 0.667. The molecule has 0 saturated carbocycles. The van der Waals surface area contributed by atoms with Crippen LogP contribution in [-0.2, 0) is 22.6 Å². The number of furan rings is 1. The molecule has 0 radical (unpaired) electrons. The van der Waals surface area contributed by atoms with Crippen molar-refractivity contribution in [1.82, 2.24) is 0 Å². The third kappa shape index (κ3) is 3.18. The van der Waals surface area contributed by atoms with Gasteiger partial charge in [0, 0.05) is 0 Å². The van der Waals surface area contributed by atoms with Crippen LogP contribution >= 0.6 is 0 Å². The fourth-order valence-electron chi connectivity index (χ4n) is 1.98. The molecule has 1 saturated heterocycles. The van der Waals surface area contributed by atoms with Gasteiger partial charge in [0.05, 0.1) is 13.2 Å². The van der Waals surface area contributed by atoms with Crippen LogP contribution in [0.15, 0.2) is 16.5 Å². The van der Waals surface area contributed by atoms with Gasteiger partial charge in [0.25, 0.3) is 0 Å². The minimum atomic E-state index is -1.46. The van der Waals surface area contributed by atoms with Gasteiger partial charge in [-0.2, -0.15) is 0 Å².